The Kier molecular flexibility index (Phi) is 2.57. The molecule has 0 aliphatic carbocycles. The van der Waals surface area contributed by atoms with Crippen LogP contribution in [0.15, 0.2) is 30.5 Å². The van der Waals surface area contributed by atoms with Crippen LogP contribution in [0.25, 0.3) is 17.2 Å². The topological polar surface area (TPSA) is 61.1 Å². The fraction of sp³-hybridized carbons (Fsp3) is 0.167. The predicted molar refractivity (Wildman–Crippen MR) is 70.3 cm³/mol. The van der Waals surface area contributed by atoms with E-state index in [0.29, 0.717) is 11.6 Å². The standard InChI is InChI=1S/C12H12ClN5/c1-17-11(8-3-2-4-9(13)5-8)16-18-7-10(6-14)15-12(17)18/h2-5,7H,6,14H2,1H3. The van der Waals surface area contributed by atoms with Crippen LogP contribution in [0, 0.1) is 0 Å². The van der Waals surface area contributed by atoms with E-state index in [1.807, 2.05) is 42.1 Å². The fourth-order valence-electron chi connectivity index (χ4n) is 1.95. The summed E-state index contributed by atoms with van der Waals surface area (Å²) < 4.78 is 3.66. The number of imidazole rings is 1. The van der Waals surface area contributed by atoms with E-state index in [1.54, 1.807) is 4.52 Å². The smallest absolute Gasteiger partial charge is 0.232 e. The lowest BCUT2D eigenvalue weighted by Crippen LogP contribution is -1.98. The van der Waals surface area contributed by atoms with Gasteiger partial charge in [0.15, 0.2) is 5.82 Å². The number of nitrogens with two attached hydrogens (primary N) is 1. The van der Waals surface area contributed by atoms with Gasteiger partial charge in [-0.1, -0.05) is 23.7 Å². The molecule has 0 spiro atoms. The molecule has 3 rings (SSSR count). The maximum Gasteiger partial charge on any atom is 0.232 e. The number of fused-ring (bicyclic) bond motifs is 1. The van der Waals surface area contributed by atoms with E-state index < -0.39 is 0 Å². The average molecular weight is 262 g/mol. The molecule has 0 saturated heterocycles. The van der Waals surface area contributed by atoms with Crippen LogP contribution in [0.5, 0.6) is 0 Å². The minimum atomic E-state index is 0.413. The van der Waals surface area contributed by atoms with Crippen molar-refractivity contribution < 1.29 is 0 Å². The molecule has 2 N–H and O–H groups in total. The van der Waals surface area contributed by atoms with E-state index in [1.165, 1.54) is 0 Å². The van der Waals surface area contributed by atoms with Gasteiger partial charge in [-0.3, -0.25) is 4.57 Å². The highest BCUT2D eigenvalue weighted by molar-refractivity contribution is 6.30. The number of aryl methyl sites for hydroxylation is 1. The summed E-state index contributed by atoms with van der Waals surface area (Å²) in [6.45, 7) is 0.413. The highest BCUT2D eigenvalue weighted by Gasteiger charge is 2.12. The molecule has 92 valence electrons. The van der Waals surface area contributed by atoms with Crippen LogP contribution in [-0.2, 0) is 13.6 Å². The summed E-state index contributed by atoms with van der Waals surface area (Å²) >= 11 is 5.99. The fourth-order valence-corrected chi connectivity index (χ4v) is 2.14. The number of rotatable bonds is 2. The van der Waals surface area contributed by atoms with Gasteiger partial charge in [0.05, 0.1) is 11.9 Å². The van der Waals surface area contributed by atoms with Crippen LogP contribution >= 0.6 is 11.6 Å². The van der Waals surface area contributed by atoms with E-state index in [2.05, 4.69) is 10.1 Å². The first kappa shape index (κ1) is 11.3. The second-order valence-corrected chi connectivity index (χ2v) is 4.51. The number of hydrogen-bond acceptors (Lipinski definition) is 3. The molecular formula is C12H12ClN5. The van der Waals surface area contributed by atoms with E-state index in [-0.39, 0.29) is 0 Å². The monoisotopic (exact) mass is 261 g/mol. The van der Waals surface area contributed by atoms with Crippen molar-refractivity contribution in [2.24, 2.45) is 12.8 Å². The Hall–Kier alpha value is -1.85. The van der Waals surface area contributed by atoms with Crippen molar-refractivity contribution in [1.82, 2.24) is 19.2 Å². The summed E-state index contributed by atoms with van der Waals surface area (Å²) in [5, 5.41) is 5.19. The lowest BCUT2D eigenvalue weighted by atomic mass is 10.2. The Morgan fingerprint density at radius 2 is 2.22 bits per heavy atom. The van der Waals surface area contributed by atoms with Crippen LogP contribution in [0.1, 0.15) is 5.69 Å². The molecule has 0 aliphatic rings. The zero-order valence-corrected chi connectivity index (χ0v) is 10.6. The van der Waals surface area contributed by atoms with Gasteiger partial charge >= 0.3 is 0 Å². The van der Waals surface area contributed by atoms with Gasteiger partial charge in [0.25, 0.3) is 0 Å². The Morgan fingerprint density at radius 3 is 2.89 bits per heavy atom. The van der Waals surface area contributed by atoms with Crippen molar-refractivity contribution in [1.29, 1.82) is 0 Å². The van der Waals surface area contributed by atoms with Gasteiger partial charge in [0.1, 0.15) is 0 Å². The van der Waals surface area contributed by atoms with Gasteiger partial charge in [-0.25, -0.2) is 9.50 Å². The van der Waals surface area contributed by atoms with Crippen LogP contribution in [0.2, 0.25) is 5.02 Å². The molecule has 1 aromatic carbocycles. The third kappa shape index (κ3) is 1.68. The summed E-state index contributed by atoms with van der Waals surface area (Å²) in [5.41, 5.74) is 7.35. The van der Waals surface area contributed by atoms with Gasteiger partial charge < -0.3 is 5.73 Å². The number of aromatic nitrogens is 4. The highest BCUT2D eigenvalue weighted by Crippen LogP contribution is 2.22. The molecule has 6 heteroatoms. The quantitative estimate of drug-likeness (QED) is 0.766. The second kappa shape index (κ2) is 4.12. The van der Waals surface area contributed by atoms with Gasteiger partial charge in [-0.2, -0.15) is 0 Å². The minimum absolute atomic E-state index is 0.413. The number of halogens is 1. The molecule has 0 fully saturated rings. The number of nitrogens with zero attached hydrogens (tertiary/aromatic N) is 4. The summed E-state index contributed by atoms with van der Waals surface area (Å²) in [6.07, 6.45) is 1.84. The molecule has 0 aliphatic heterocycles. The molecule has 18 heavy (non-hydrogen) atoms. The molecule has 0 saturated carbocycles. The van der Waals surface area contributed by atoms with Crippen molar-refractivity contribution in [3.63, 3.8) is 0 Å². The van der Waals surface area contributed by atoms with Crippen molar-refractivity contribution in [3.05, 3.63) is 41.2 Å². The molecule has 2 aromatic heterocycles. The minimum Gasteiger partial charge on any atom is -0.325 e. The molecule has 0 radical (unpaired) electrons. The van der Waals surface area contributed by atoms with Crippen molar-refractivity contribution >= 4 is 17.4 Å². The zero-order chi connectivity index (χ0) is 12.7. The summed E-state index contributed by atoms with van der Waals surface area (Å²) in [5.74, 6) is 1.59. The molecule has 5 nitrogen and oxygen atoms in total. The lowest BCUT2D eigenvalue weighted by molar-refractivity contribution is 0.924. The normalized spacial score (nSPS) is 11.3. The van der Waals surface area contributed by atoms with Crippen LogP contribution in [0.3, 0.4) is 0 Å². The van der Waals surface area contributed by atoms with Gasteiger partial charge in [0.2, 0.25) is 5.78 Å². The molecular weight excluding hydrogens is 250 g/mol. The molecule has 3 aromatic rings. The molecule has 0 amide bonds. The van der Waals surface area contributed by atoms with Crippen molar-refractivity contribution in [3.8, 4) is 11.4 Å². The Bertz CT molecular complexity index is 712. The van der Waals surface area contributed by atoms with Crippen LogP contribution in [0.4, 0.5) is 0 Å². The number of benzene rings is 1. The van der Waals surface area contributed by atoms with Gasteiger partial charge in [0, 0.05) is 24.2 Å². The first-order chi connectivity index (χ1) is 8.69. The maximum absolute atomic E-state index is 5.99. The van der Waals surface area contributed by atoms with Crippen molar-refractivity contribution in [2.45, 2.75) is 6.54 Å². The Balaban J connectivity index is 2.18. The SMILES string of the molecule is Cn1c(-c2cccc(Cl)c2)nn2cc(CN)nc12. The van der Waals surface area contributed by atoms with Gasteiger partial charge in [-0.05, 0) is 12.1 Å². The summed E-state index contributed by atoms with van der Waals surface area (Å²) in [4.78, 5) is 4.40. The maximum atomic E-state index is 5.99. The predicted octanol–water partition coefficient (Wildman–Crippen LogP) is 1.85. The van der Waals surface area contributed by atoms with Crippen molar-refractivity contribution in [2.75, 3.05) is 0 Å². The highest BCUT2D eigenvalue weighted by atomic mass is 35.5. The average Bonchev–Trinajstić information content (AvgIpc) is 2.89. The second-order valence-electron chi connectivity index (χ2n) is 4.07. The van der Waals surface area contributed by atoms with Crippen LogP contribution in [-0.4, -0.2) is 19.2 Å². The van der Waals surface area contributed by atoms with E-state index in [0.717, 1.165) is 22.9 Å². The van der Waals surface area contributed by atoms with E-state index in [4.69, 9.17) is 17.3 Å². The first-order valence-electron chi connectivity index (χ1n) is 5.56. The number of hydrogen-bond donors (Lipinski definition) is 1. The lowest BCUT2D eigenvalue weighted by Gasteiger charge is -2.00. The zero-order valence-electron chi connectivity index (χ0n) is 9.84. The molecule has 0 unspecified atom stereocenters. The van der Waals surface area contributed by atoms with Crippen LogP contribution < -0.4 is 5.73 Å². The first-order valence-corrected chi connectivity index (χ1v) is 5.94. The molecule has 2 heterocycles. The summed E-state index contributed by atoms with van der Waals surface area (Å²) in [6, 6.07) is 7.59. The van der Waals surface area contributed by atoms with Gasteiger partial charge in [-0.15, -0.1) is 5.10 Å². The van der Waals surface area contributed by atoms with E-state index >= 15 is 0 Å². The molecule has 0 atom stereocenters. The summed E-state index contributed by atoms with van der Waals surface area (Å²) in [7, 11) is 1.92. The van der Waals surface area contributed by atoms with E-state index in [9.17, 15) is 0 Å². The largest absolute Gasteiger partial charge is 0.325 e. The third-order valence-electron chi connectivity index (χ3n) is 2.83. The Labute approximate surface area is 109 Å². The Morgan fingerprint density at radius 1 is 1.39 bits per heavy atom. The third-order valence-corrected chi connectivity index (χ3v) is 3.07. The molecule has 0 bridgehead atoms.